The zero-order chi connectivity index (χ0) is 13.2. The molecule has 0 bridgehead atoms. The van der Waals surface area contributed by atoms with E-state index in [4.69, 9.17) is 5.11 Å². The Morgan fingerprint density at radius 1 is 1.33 bits per heavy atom. The number of thioether (sulfide) groups is 1. The first-order valence-corrected chi connectivity index (χ1v) is 7.70. The number of unbranched alkanes of at least 4 members (excludes halogenated alkanes) is 2. The molecule has 1 aromatic heterocycles. The Hall–Kier alpha value is -1.01. The second kappa shape index (κ2) is 8.99. The van der Waals surface area contributed by atoms with Crippen molar-refractivity contribution in [3.05, 3.63) is 17.5 Å². The third-order valence-electron chi connectivity index (χ3n) is 2.23. The van der Waals surface area contributed by atoms with E-state index in [-0.39, 0.29) is 12.3 Å². The van der Waals surface area contributed by atoms with Crippen LogP contribution in [0.25, 0.3) is 0 Å². The molecule has 1 amide bonds. The van der Waals surface area contributed by atoms with Gasteiger partial charge in [0.1, 0.15) is 0 Å². The van der Waals surface area contributed by atoms with Crippen molar-refractivity contribution in [2.24, 2.45) is 0 Å². The standard InChI is InChI=1S/C12H17NO3S2/c14-10(9-18-12-6-4-8-17-12)13-7-3-1-2-5-11(15)16/h4,6,8H,1-3,5,7,9H2,(H,13,14)(H,15,16). The SMILES string of the molecule is O=C(O)CCCCCNC(=O)CSc1cccs1. The summed E-state index contributed by atoms with van der Waals surface area (Å²) in [5, 5.41) is 13.3. The summed E-state index contributed by atoms with van der Waals surface area (Å²) in [4.78, 5) is 21.7. The highest BCUT2D eigenvalue weighted by Crippen LogP contribution is 2.22. The predicted molar refractivity (Wildman–Crippen MR) is 74.2 cm³/mol. The minimum absolute atomic E-state index is 0.0339. The molecule has 2 N–H and O–H groups in total. The summed E-state index contributed by atoms with van der Waals surface area (Å²) < 4.78 is 1.15. The summed E-state index contributed by atoms with van der Waals surface area (Å²) in [5.74, 6) is -0.284. The number of thiophene rings is 1. The molecule has 0 fully saturated rings. The highest BCUT2D eigenvalue weighted by atomic mass is 32.2. The zero-order valence-corrected chi connectivity index (χ0v) is 11.7. The van der Waals surface area contributed by atoms with Crippen molar-refractivity contribution < 1.29 is 14.7 Å². The highest BCUT2D eigenvalue weighted by Gasteiger charge is 2.03. The van der Waals surface area contributed by atoms with Gasteiger partial charge in [0.15, 0.2) is 0 Å². The van der Waals surface area contributed by atoms with E-state index in [1.54, 1.807) is 11.3 Å². The van der Waals surface area contributed by atoms with Crippen LogP contribution in [0.2, 0.25) is 0 Å². The molecule has 0 aliphatic carbocycles. The molecule has 0 radical (unpaired) electrons. The van der Waals surface area contributed by atoms with E-state index >= 15 is 0 Å². The second-order valence-corrected chi connectivity index (χ2v) is 6.00. The molecular formula is C12H17NO3S2. The van der Waals surface area contributed by atoms with Gasteiger partial charge in [0.2, 0.25) is 5.91 Å². The van der Waals surface area contributed by atoms with Crippen molar-refractivity contribution >= 4 is 35.0 Å². The number of hydrogen-bond acceptors (Lipinski definition) is 4. The summed E-state index contributed by atoms with van der Waals surface area (Å²) in [6.07, 6.45) is 2.56. The van der Waals surface area contributed by atoms with Gasteiger partial charge in [-0.15, -0.1) is 23.1 Å². The quantitative estimate of drug-likeness (QED) is 0.541. The van der Waals surface area contributed by atoms with Gasteiger partial charge in [-0.2, -0.15) is 0 Å². The summed E-state index contributed by atoms with van der Waals surface area (Å²) in [6.45, 7) is 0.628. The van der Waals surface area contributed by atoms with Gasteiger partial charge >= 0.3 is 5.97 Å². The van der Waals surface area contributed by atoms with Gasteiger partial charge in [0.05, 0.1) is 9.96 Å². The Labute approximate surface area is 115 Å². The van der Waals surface area contributed by atoms with Gasteiger partial charge < -0.3 is 10.4 Å². The molecule has 0 saturated heterocycles. The topological polar surface area (TPSA) is 66.4 Å². The number of aliphatic carboxylic acids is 1. The van der Waals surface area contributed by atoms with E-state index in [9.17, 15) is 9.59 Å². The van der Waals surface area contributed by atoms with E-state index in [0.29, 0.717) is 18.7 Å². The number of carboxylic acids is 1. The fraction of sp³-hybridized carbons (Fsp3) is 0.500. The van der Waals surface area contributed by atoms with Crippen LogP contribution in [0.1, 0.15) is 25.7 Å². The molecule has 1 aromatic rings. The van der Waals surface area contributed by atoms with E-state index < -0.39 is 5.97 Å². The first-order chi connectivity index (χ1) is 8.68. The van der Waals surface area contributed by atoms with Gasteiger partial charge in [-0.3, -0.25) is 9.59 Å². The van der Waals surface area contributed by atoms with Crippen molar-refractivity contribution in [2.45, 2.75) is 29.9 Å². The Bertz CT molecular complexity index is 365. The molecule has 0 aliphatic heterocycles. The van der Waals surface area contributed by atoms with E-state index in [1.165, 1.54) is 11.8 Å². The largest absolute Gasteiger partial charge is 0.481 e. The number of amides is 1. The Balaban J connectivity index is 1.95. The van der Waals surface area contributed by atoms with E-state index in [1.807, 2.05) is 17.5 Å². The summed E-state index contributed by atoms with van der Waals surface area (Å²) in [7, 11) is 0. The molecular weight excluding hydrogens is 270 g/mol. The van der Waals surface area contributed by atoms with Crippen LogP contribution in [0.4, 0.5) is 0 Å². The second-order valence-electron chi connectivity index (χ2n) is 3.78. The van der Waals surface area contributed by atoms with Crippen LogP contribution in [0.15, 0.2) is 21.7 Å². The lowest BCUT2D eigenvalue weighted by molar-refractivity contribution is -0.137. The van der Waals surface area contributed by atoms with E-state index in [0.717, 1.165) is 17.1 Å². The monoisotopic (exact) mass is 287 g/mol. The molecule has 0 aromatic carbocycles. The molecule has 18 heavy (non-hydrogen) atoms. The van der Waals surface area contributed by atoms with Crippen LogP contribution < -0.4 is 5.32 Å². The third-order valence-corrected chi connectivity index (χ3v) is 4.36. The molecule has 4 nitrogen and oxygen atoms in total. The van der Waals surface area contributed by atoms with Crippen molar-refractivity contribution in [2.75, 3.05) is 12.3 Å². The van der Waals surface area contributed by atoms with Gasteiger partial charge in [-0.25, -0.2) is 0 Å². The number of nitrogens with one attached hydrogen (secondary N) is 1. The maximum absolute atomic E-state index is 11.5. The Morgan fingerprint density at radius 3 is 2.83 bits per heavy atom. The molecule has 0 spiro atoms. The van der Waals surface area contributed by atoms with Gasteiger partial charge in [-0.05, 0) is 24.3 Å². The molecule has 0 atom stereocenters. The summed E-state index contributed by atoms with van der Waals surface area (Å²) in [5.41, 5.74) is 0. The normalized spacial score (nSPS) is 10.2. The lowest BCUT2D eigenvalue weighted by Gasteiger charge is -2.03. The third kappa shape index (κ3) is 7.34. The molecule has 100 valence electrons. The summed E-state index contributed by atoms with van der Waals surface area (Å²) in [6, 6.07) is 3.96. The fourth-order valence-electron chi connectivity index (χ4n) is 1.34. The lowest BCUT2D eigenvalue weighted by Crippen LogP contribution is -2.26. The minimum Gasteiger partial charge on any atom is -0.481 e. The van der Waals surface area contributed by atoms with Gasteiger partial charge in [0.25, 0.3) is 0 Å². The smallest absolute Gasteiger partial charge is 0.303 e. The van der Waals surface area contributed by atoms with Crippen LogP contribution in [-0.2, 0) is 9.59 Å². The zero-order valence-electron chi connectivity index (χ0n) is 10.1. The average molecular weight is 287 g/mol. The summed E-state index contributed by atoms with van der Waals surface area (Å²) >= 11 is 3.17. The van der Waals surface area contributed by atoms with Crippen LogP contribution in [0.5, 0.6) is 0 Å². The number of carbonyl (C=O) groups excluding carboxylic acids is 1. The van der Waals surface area contributed by atoms with Crippen LogP contribution in [0, 0.1) is 0 Å². The van der Waals surface area contributed by atoms with Crippen LogP contribution in [-0.4, -0.2) is 29.3 Å². The average Bonchev–Trinajstić information content (AvgIpc) is 2.83. The molecule has 0 unspecified atom stereocenters. The molecule has 0 aliphatic rings. The Kier molecular flexibility index (Phi) is 7.52. The predicted octanol–water partition coefficient (Wildman–Crippen LogP) is 2.60. The van der Waals surface area contributed by atoms with Crippen molar-refractivity contribution in [1.82, 2.24) is 5.32 Å². The first-order valence-electron chi connectivity index (χ1n) is 5.83. The molecule has 1 rings (SSSR count). The highest BCUT2D eigenvalue weighted by molar-refractivity contribution is 8.01. The molecule has 1 heterocycles. The number of carboxylic acid groups (broad SMARTS) is 1. The van der Waals surface area contributed by atoms with Crippen molar-refractivity contribution in [3.63, 3.8) is 0 Å². The number of carbonyl (C=O) groups is 2. The maximum Gasteiger partial charge on any atom is 0.303 e. The first kappa shape index (κ1) is 15.0. The van der Waals surface area contributed by atoms with Crippen LogP contribution in [0.3, 0.4) is 0 Å². The minimum atomic E-state index is -0.758. The van der Waals surface area contributed by atoms with Gasteiger partial charge in [0, 0.05) is 13.0 Å². The molecule has 0 saturated carbocycles. The number of rotatable bonds is 9. The fourth-order valence-corrected chi connectivity index (χ4v) is 2.95. The van der Waals surface area contributed by atoms with Gasteiger partial charge in [-0.1, -0.05) is 12.5 Å². The maximum atomic E-state index is 11.5. The lowest BCUT2D eigenvalue weighted by atomic mass is 10.2. The van der Waals surface area contributed by atoms with E-state index in [2.05, 4.69) is 5.32 Å². The van der Waals surface area contributed by atoms with Crippen molar-refractivity contribution in [1.29, 1.82) is 0 Å². The van der Waals surface area contributed by atoms with Crippen LogP contribution >= 0.6 is 23.1 Å². The Morgan fingerprint density at radius 2 is 2.17 bits per heavy atom. The van der Waals surface area contributed by atoms with Crippen molar-refractivity contribution in [3.8, 4) is 0 Å². The molecule has 6 heteroatoms. The number of hydrogen-bond donors (Lipinski definition) is 2.